The fourth-order valence-corrected chi connectivity index (χ4v) is 7.29. The van der Waals surface area contributed by atoms with Crippen molar-refractivity contribution < 1.29 is 77.5 Å². The largest absolute Gasteiger partial charge is 0.478 e. The van der Waals surface area contributed by atoms with Gasteiger partial charge in [-0.2, -0.15) is 0 Å². The average Bonchev–Trinajstić information content (AvgIpc) is 4.11. The third kappa shape index (κ3) is 23.1. The number of ether oxygens (including phenoxy) is 3. The number of carbonyl (C=O) groups is 10. The Hall–Kier alpha value is -8.82. The Kier molecular flexibility index (Phi) is 28.6. The van der Waals surface area contributed by atoms with Crippen molar-refractivity contribution in [1.29, 1.82) is 0 Å². The standard InChI is InChI=1S/C16H15NO4.C15H15NO4.C11H11BrO3.C8H7BrO2.C7H9NO2.CH2O/c1-11-7-14(17(2)8-11)16(20)21-10-12-3-5-13(6-4-12)15(19)9-18;1-10-7-13(16(2)8-10)15(19)20-9-11-3-5-12(6-4-11)14(17)18;1-8(13)7-15-11(14)10-4-2-9(6-12)3-5-10;9-5-6-1-3-7(4-2-6)8(10)11;1-5-3-6(7(9)10)8(2)4-5;1-2/h3-9H,10H2,1-2H3;3-8H,9H2,1-2H3,(H,17,18);2-5H,6-7H2,1H3;1-4H,5H2,(H,10,11);3-4H,1-2H3,(H,9,10);1H2. The maximum absolute atomic E-state index is 11.9. The van der Waals surface area contributed by atoms with Crippen LogP contribution in [0.1, 0.15) is 119 Å². The molecule has 3 N–H and O–H groups in total. The summed E-state index contributed by atoms with van der Waals surface area (Å²) in [7, 11) is 5.28. The van der Waals surface area contributed by atoms with E-state index in [0.717, 1.165) is 49.6 Å². The van der Waals surface area contributed by atoms with Gasteiger partial charge in [-0.15, -0.1) is 0 Å². The number of rotatable bonds is 16. The van der Waals surface area contributed by atoms with Crippen molar-refractivity contribution in [3.05, 3.63) is 212 Å². The highest BCUT2D eigenvalue weighted by atomic mass is 79.9. The molecule has 19 nitrogen and oxygen atoms in total. The first-order chi connectivity index (χ1) is 37.5. The molecule has 0 bridgehead atoms. The van der Waals surface area contributed by atoms with Crippen molar-refractivity contribution in [1.82, 2.24) is 13.7 Å². The lowest BCUT2D eigenvalue weighted by molar-refractivity contribution is -0.120. The molecule has 0 unspecified atom stereocenters. The second kappa shape index (κ2) is 34.1. The monoisotopic (exact) mass is 1210 g/mol. The number of alkyl halides is 2. The molecule has 0 saturated heterocycles. The number of halogens is 2. The Bertz CT molecular complexity index is 3170. The van der Waals surface area contributed by atoms with Crippen LogP contribution in [0.15, 0.2) is 134 Å². The molecule has 7 rings (SSSR count). The smallest absolute Gasteiger partial charge is 0.355 e. The van der Waals surface area contributed by atoms with Gasteiger partial charge >= 0.3 is 35.8 Å². The molecule has 0 aliphatic rings. The van der Waals surface area contributed by atoms with Crippen molar-refractivity contribution in [2.75, 3.05) is 6.61 Å². The van der Waals surface area contributed by atoms with E-state index in [9.17, 15) is 43.2 Å². The van der Waals surface area contributed by atoms with Gasteiger partial charge in [0.1, 0.15) is 43.7 Å². The Morgan fingerprint density at radius 3 is 1.05 bits per heavy atom. The summed E-state index contributed by atoms with van der Waals surface area (Å²) in [5.41, 5.74) is 9.22. The summed E-state index contributed by atoms with van der Waals surface area (Å²) >= 11 is 6.58. The van der Waals surface area contributed by atoms with Crippen molar-refractivity contribution >= 4 is 92.3 Å². The number of esters is 3. The van der Waals surface area contributed by atoms with Gasteiger partial charge in [-0.1, -0.05) is 92.5 Å². The molecule has 416 valence electrons. The van der Waals surface area contributed by atoms with Gasteiger partial charge in [0, 0.05) is 56.0 Å². The number of aromatic carboxylic acids is 3. The number of benzene rings is 4. The van der Waals surface area contributed by atoms with Crippen LogP contribution in [0, 0.1) is 20.8 Å². The maximum atomic E-state index is 11.9. The quantitative estimate of drug-likeness (QED) is 0.0203. The zero-order valence-corrected chi connectivity index (χ0v) is 47.4. The van der Waals surface area contributed by atoms with Crippen LogP contribution < -0.4 is 0 Å². The number of ketones is 2. The predicted octanol–water partition coefficient (Wildman–Crippen LogP) is 9.91. The zero-order chi connectivity index (χ0) is 59.4. The fraction of sp³-hybridized carbons (Fsp3) is 0.207. The van der Waals surface area contributed by atoms with Gasteiger partial charge in [-0.05, 0) is 121 Å². The van der Waals surface area contributed by atoms with Gasteiger partial charge in [0.25, 0.3) is 0 Å². The van der Waals surface area contributed by atoms with Crippen molar-refractivity contribution in [3.63, 3.8) is 0 Å². The normalized spacial score (nSPS) is 9.78. The summed E-state index contributed by atoms with van der Waals surface area (Å²) in [5.74, 6) is -4.75. The molecule has 0 spiro atoms. The fourth-order valence-electron chi connectivity index (χ4n) is 6.55. The number of hydrogen-bond acceptors (Lipinski definition) is 13. The number of carboxylic acids is 3. The third-order valence-electron chi connectivity index (χ3n) is 10.5. The summed E-state index contributed by atoms with van der Waals surface area (Å²) in [6.45, 7) is 9.11. The van der Waals surface area contributed by atoms with E-state index < -0.39 is 41.6 Å². The predicted molar refractivity (Wildman–Crippen MR) is 299 cm³/mol. The molecule has 0 aliphatic carbocycles. The molecule has 0 saturated carbocycles. The minimum Gasteiger partial charge on any atom is -0.478 e. The van der Waals surface area contributed by atoms with E-state index in [1.807, 2.05) is 52.1 Å². The van der Waals surface area contributed by atoms with Crippen LogP contribution in [0.3, 0.4) is 0 Å². The highest BCUT2D eigenvalue weighted by Gasteiger charge is 2.15. The van der Waals surface area contributed by atoms with E-state index in [2.05, 4.69) is 31.9 Å². The topological polar surface area (TPSA) is 274 Å². The molecule has 7 aromatic rings. The lowest BCUT2D eigenvalue weighted by Gasteiger charge is -2.06. The molecule has 0 amide bonds. The highest BCUT2D eigenvalue weighted by Crippen LogP contribution is 2.14. The Morgan fingerprint density at radius 1 is 0.468 bits per heavy atom. The minimum absolute atomic E-state index is 0.110. The Labute approximate surface area is 472 Å². The molecule has 0 fully saturated rings. The maximum Gasteiger partial charge on any atom is 0.355 e. The molecule has 3 aromatic heterocycles. The van der Waals surface area contributed by atoms with E-state index in [1.165, 1.54) is 31.2 Å². The lowest BCUT2D eigenvalue weighted by Crippen LogP contribution is -2.11. The first-order valence-electron chi connectivity index (χ1n) is 23.3. The van der Waals surface area contributed by atoms with E-state index in [0.29, 0.717) is 33.8 Å². The van der Waals surface area contributed by atoms with Gasteiger partial charge < -0.3 is 48.0 Å². The number of aromatic nitrogens is 3. The van der Waals surface area contributed by atoms with Gasteiger partial charge in [-0.25, -0.2) is 28.8 Å². The highest BCUT2D eigenvalue weighted by molar-refractivity contribution is 9.08. The van der Waals surface area contributed by atoms with Gasteiger partial charge in [0.05, 0.1) is 16.7 Å². The van der Waals surface area contributed by atoms with Crippen LogP contribution in [-0.4, -0.2) is 96.1 Å². The van der Waals surface area contributed by atoms with Gasteiger partial charge in [-0.3, -0.25) is 14.4 Å². The first kappa shape index (κ1) is 66.3. The van der Waals surface area contributed by atoms with Crippen LogP contribution >= 0.6 is 31.9 Å². The van der Waals surface area contributed by atoms with Crippen LogP contribution in [0.5, 0.6) is 0 Å². The summed E-state index contributed by atoms with van der Waals surface area (Å²) in [5, 5.41) is 27.4. The molecule has 0 aliphatic heterocycles. The van der Waals surface area contributed by atoms with Gasteiger partial charge in [0.2, 0.25) is 5.78 Å². The Balaban J connectivity index is 0.000000344. The third-order valence-corrected chi connectivity index (χ3v) is 11.7. The van der Waals surface area contributed by atoms with Crippen LogP contribution in [0.25, 0.3) is 0 Å². The number of hydrogen-bond donors (Lipinski definition) is 3. The van der Waals surface area contributed by atoms with E-state index >= 15 is 0 Å². The van der Waals surface area contributed by atoms with Crippen molar-refractivity contribution in [2.45, 2.75) is 51.6 Å². The second-order valence-corrected chi connectivity index (χ2v) is 18.0. The summed E-state index contributed by atoms with van der Waals surface area (Å²) in [4.78, 5) is 107. The first-order valence-corrected chi connectivity index (χ1v) is 25.6. The molecular formula is C58H59Br2N3O16. The van der Waals surface area contributed by atoms with Crippen LogP contribution in [-0.2, 0) is 73.6 Å². The summed E-state index contributed by atoms with van der Waals surface area (Å²) < 4.78 is 20.2. The number of Topliss-reactive ketones (excluding diaryl/α,β-unsaturated/α-hetero) is 2. The van der Waals surface area contributed by atoms with Crippen LogP contribution in [0.4, 0.5) is 0 Å². The number of carboxylic acid groups (broad SMARTS) is 3. The molecule has 3 heterocycles. The molecule has 0 radical (unpaired) electrons. The van der Waals surface area contributed by atoms with E-state index in [-0.39, 0.29) is 37.5 Å². The van der Waals surface area contributed by atoms with E-state index in [1.54, 1.807) is 120 Å². The lowest BCUT2D eigenvalue weighted by atomic mass is 10.1. The molecular weight excluding hydrogens is 1150 g/mol. The van der Waals surface area contributed by atoms with E-state index in [4.69, 9.17) is 34.3 Å². The van der Waals surface area contributed by atoms with Crippen molar-refractivity contribution in [3.8, 4) is 0 Å². The molecule has 21 heteroatoms. The SMILES string of the molecule is C=O.CC(=O)COC(=O)c1ccc(CBr)cc1.Cc1cc(C(=O)O)n(C)c1.Cc1cc(C(=O)OCc2ccc(C(=O)C=O)cc2)n(C)c1.Cc1cc(C(=O)OCc2ccc(C(=O)O)cc2)n(C)c1.O=C(O)c1ccc(CBr)cc1. The average molecular weight is 1210 g/mol. The number of carbonyl (C=O) groups excluding carboxylic acids is 7. The summed E-state index contributed by atoms with van der Waals surface area (Å²) in [6, 6.07) is 31.6. The second-order valence-electron chi connectivity index (χ2n) is 16.9. The number of aldehydes is 1. The number of aryl methyl sites for hydroxylation is 6. The summed E-state index contributed by atoms with van der Waals surface area (Å²) in [6.07, 6.45) is 5.74. The molecule has 4 aromatic carbocycles. The van der Waals surface area contributed by atoms with Crippen LogP contribution in [0.2, 0.25) is 0 Å². The van der Waals surface area contributed by atoms with Gasteiger partial charge in [0.15, 0.2) is 12.1 Å². The molecule has 79 heavy (non-hydrogen) atoms. The minimum atomic E-state index is -0.979. The Morgan fingerprint density at radius 2 is 0.785 bits per heavy atom. The zero-order valence-electron chi connectivity index (χ0n) is 44.3. The number of nitrogens with zero attached hydrogens (tertiary/aromatic N) is 3. The molecule has 0 atom stereocenters. The van der Waals surface area contributed by atoms with Crippen molar-refractivity contribution in [2.24, 2.45) is 21.1 Å².